The summed E-state index contributed by atoms with van der Waals surface area (Å²) in [5, 5.41) is 6.40. The van der Waals surface area contributed by atoms with E-state index in [1.165, 1.54) is 22.3 Å². The Kier molecular flexibility index (Phi) is 26.5. The normalized spacial score (nSPS) is 17.0. The topological polar surface area (TPSA) is 126 Å². The summed E-state index contributed by atoms with van der Waals surface area (Å²) >= 11 is 0. The van der Waals surface area contributed by atoms with Crippen molar-refractivity contribution in [2.45, 2.75) is 191 Å². The molecule has 0 saturated carbocycles. The smallest absolute Gasteiger partial charge is 0.414 e. The van der Waals surface area contributed by atoms with Crippen molar-refractivity contribution in [3.8, 4) is 28.7 Å². The van der Waals surface area contributed by atoms with E-state index in [2.05, 4.69) is 192 Å². The number of fused-ring (bicyclic) bond motifs is 3. The molecule has 10 rings (SSSR count). The fourth-order valence-electron chi connectivity index (χ4n) is 10.7. The van der Waals surface area contributed by atoms with Gasteiger partial charge >= 0.3 is 12.2 Å². The van der Waals surface area contributed by atoms with Crippen LogP contribution in [0.5, 0.6) is 28.7 Å². The highest BCUT2D eigenvalue weighted by atomic mass is 31.0. The Balaban J connectivity index is 0.000000229. The minimum Gasteiger partial charge on any atom is -0.494 e. The molecule has 95 heavy (non-hydrogen) atoms. The van der Waals surface area contributed by atoms with Gasteiger partial charge in [-0.15, -0.1) is 0 Å². The zero-order valence-corrected chi connectivity index (χ0v) is 62.4. The predicted molar refractivity (Wildman–Crippen MR) is 404 cm³/mol. The van der Waals surface area contributed by atoms with Crippen molar-refractivity contribution in [3.63, 3.8) is 0 Å². The lowest BCUT2D eigenvalue weighted by molar-refractivity contribution is 0.133. The lowest BCUT2D eigenvalue weighted by Crippen LogP contribution is -2.33. The third-order valence-electron chi connectivity index (χ3n) is 17.4. The highest BCUT2D eigenvalue weighted by Gasteiger charge is 2.30. The molecule has 3 aliphatic heterocycles. The Bertz CT molecular complexity index is 3790. The van der Waals surface area contributed by atoms with Crippen LogP contribution in [0.3, 0.4) is 0 Å². The Morgan fingerprint density at radius 3 is 1.27 bits per heavy atom. The number of amides is 2. The van der Waals surface area contributed by atoms with Crippen molar-refractivity contribution >= 4 is 67.3 Å². The molecule has 12 nitrogen and oxygen atoms in total. The quantitative estimate of drug-likeness (QED) is 0.0802. The molecule has 0 bridgehead atoms. The van der Waals surface area contributed by atoms with Crippen molar-refractivity contribution in [2.24, 2.45) is 0 Å². The maximum atomic E-state index is 13.6. The summed E-state index contributed by atoms with van der Waals surface area (Å²) in [6.45, 7) is 38.8. The Hall–Kier alpha value is -8.04. The number of rotatable bonds is 18. The first-order chi connectivity index (χ1) is 44.1. The van der Waals surface area contributed by atoms with Gasteiger partial charge < -0.3 is 38.5 Å². The minimum atomic E-state index is -0.490. The Morgan fingerprint density at radius 1 is 0.474 bits per heavy atom. The van der Waals surface area contributed by atoms with Crippen molar-refractivity contribution in [2.75, 3.05) is 28.7 Å². The Morgan fingerprint density at radius 2 is 0.853 bits per heavy atom. The molecule has 7 aromatic rings. The lowest BCUT2D eigenvalue weighted by Gasteiger charge is -2.32. The van der Waals surface area contributed by atoms with Gasteiger partial charge in [0, 0.05) is 34.6 Å². The number of carbonyl (C=O) groups excluding carboxylic acids is 2. The second-order valence-electron chi connectivity index (χ2n) is 27.1. The van der Waals surface area contributed by atoms with Gasteiger partial charge in [0.2, 0.25) is 0 Å². The molecule has 0 aliphatic carbocycles. The molecule has 3 aliphatic rings. The molecule has 0 radical (unpaired) electrons. The summed E-state index contributed by atoms with van der Waals surface area (Å²) < 4.78 is 40.7. The van der Waals surface area contributed by atoms with Crippen molar-refractivity contribution in [1.82, 2.24) is 0 Å². The number of nitrogens with one attached hydrogen (secondary N) is 2. The third-order valence-corrected chi connectivity index (χ3v) is 17.4. The maximum Gasteiger partial charge on any atom is 0.414 e. The SMILES string of the molecule is CCC1(C)C=Cc2cc(NCc3ccc(C(C)(C)C)cc3)c(C)cc2O1.CCOc1ccc(COC(=O)N(Cc2ccc(C(C)(C)C)cc2)c2cc3c(cc2C)OC(C)(CC)C=C3)cc1.CCOc1ccc(COC(=O)Nc2cc3c(cc2C)OC(C)(CC)C=C3)cc1.P.P. The molecular weight excluding hydrogens is 1220 g/mol. The van der Waals surface area contributed by atoms with E-state index < -0.39 is 12.2 Å². The van der Waals surface area contributed by atoms with Crippen LogP contribution in [0, 0.1) is 20.8 Å². The minimum absolute atomic E-state index is 0. The summed E-state index contributed by atoms with van der Waals surface area (Å²) in [5.74, 6) is 4.24. The summed E-state index contributed by atoms with van der Waals surface area (Å²) in [5.41, 5.74) is 15.0. The predicted octanol–water partition coefficient (Wildman–Crippen LogP) is 20.9. The molecule has 0 saturated heterocycles. The number of anilines is 3. The first-order valence-corrected chi connectivity index (χ1v) is 33.0. The highest BCUT2D eigenvalue weighted by molar-refractivity contribution is 6.92. The summed E-state index contributed by atoms with van der Waals surface area (Å²) in [4.78, 5) is 27.6. The standard InChI is InChI=1S/C34H41NO4.C24H31NO.C23H27NO4.2H3P/c1-8-34(7)19-18-27-21-30(24(3)20-31(27)39-34)35(22-25-10-14-28(15-11-25)33(4,5)6)32(36)38-23-26-12-16-29(17-13-26)37-9-2;1-7-24(6)13-12-19-15-21(17(2)14-22(19)26-24)25-16-18-8-10-20(11-9-18)23(3,4)5;1-5-23(4)12-11-18-14-20(16(3)13-21(18)28-23)24-22(25)27-15-17-7-9-19(10-8-17)26-6-2;;/h10-21H,8-9,22-23H2,1-7H3;8-15,25H,7,16H2,1-6H3;7-14H,5-6,15H2,1-4H3,(H,24,25);2*1H3. The molecule has 0 fully saturated rings. The van der Waals surface area contributed by atoms with Gasteiger partial charge in [0.15, 0.2) is 0 Å². The Labute approximate surface area is 573 Å². The van der Waals surface area contributed by atoms with E-state index in [1.807, 2.05) is 107 Å². The van der Waals surface area contributed by atoms with Crippen LogP contribution >= 0.6 is 19.8 Å². The fraction of sp³-hybridized carbons (Fsp3) is 0.383. The van der Waals surface area contributed by atoms with E-state index >= 15 is 0 Å². The van der Waals surface area contributed by atoms with Gasteiger partial charge in [-0.1, -0.05) is 153 Å². The van der Waals surface area contributed by atoms with Crippen molar-refractivity contribution < 1.29 is 42.7 Å². The van der Waals surface area contributed by atoms with Gasteiger partial charge in [0.1, 0.15) is 58.8 Å². The molecule has 2 N–H and O–H groups in total. The van der Waals surface area contributed by atoms with E-state index in [-0.39, 0.29) is 60.6 Å². The van der Waals surface area contributed by atoms with E-state index in [0.717, 1.165) is 110 Å². The van der Waals surface area contributed by atoms with Crippen molar-refractivity contribution in [3.05, 3.63) is 218 Å². The number of aryl methyl sites for hydroxylation is 3. The second kappa shape index (κ2) is 33.1. The van der Waals surface area contributed by atoms with E-state index in [1.54, 1.807) is 4.90 Å². The summed E-state index contributed by atoms with van der Waals surface area (Å²) in [6.07, 6.45) is 14.5. The molecule has 0 aromatic heterocycles. The van der Waals surface area contributed by atoms with Gasteiger partial charge in [-0.2, -0.15) is 19.8 Å². The number of hydrogen-bond acceptors (Lipinski definition) is 10. The van der Waals surface area contributed by atoms with E-state index in [4.69, 9.17) is 33.2 Å². The maximum absolute atomic E-state index is 13.6. The van der Waals surface area contributed by atoms with E-state index in [0.29, 0.717) is 25.4 Å². The summed E-state index contributed by atoms with van der Waals surface area (Å²) in [6, 6.07) is 44.8. The molecule has 5 atom stereocenters. The average Bonchev–Trinajstić information content (AvgIpc) is 0.796. The van der Waals surface area contributed by atoms with Gasteiger partial charge in [-0.05, 0) is 214 Å². The van der Waals surface area contributed by atoms with Crippen LogP contribution in [0.1, 0.15) is 183 Å². The van der Waals surface area contributed by atoms with Crippen LogP contribution in [-0.4, -0.2) is 42.2 Å². The molecule has 2 amide bonds. The van der Waals surface area contributed by atoms with Crippen LogP contribution in [0.2, 0.25) is 0 Å². The fourth-order valence-corrected chi connectivity index (χ4v) is 10.7. The first-order valence-electron chi connectivity index (χ1n) is 33.0. The van der Waals surface area contributed by atoms with E-state index in [9.17, 15) is 9.59 Å². The summed E-state index contributed by atoms with van der Waals surface area (Å²) in [7, 11) is 0. The van der Waals surface area contributed by atoms with Gasteiger partial charge in [0.05, 0.1) is 25.4 Å². The first kappa shape index (κ1) is 76.0. The molecule has 5 unspecified atom stereocenters. The van der Waals surface area contributed by atoms with Gasteiger partial charge in [0.25, 0.3) is 0 Å². The molecule has 508 valence electrons. The molecule has 0 spiro atoms. The molecule has 14 heteroatoms. The van der Waals surface area contributed by atoms with Crippen LogP contribution < -0.4 is 39.2 Å². The van der Waals surface area contributed by atoms with Crippen LogP contribution in [0.15, 0.2) is 152 Å². The van der Waals surface area contributed by atoms with Gasteiger partial charge in [-0.25, -0.2) is 9.59 Å². The lowest BCUT2D eigenvalue weighted by atomic mass is 9.87. The second-order valence-corrected chi connectivity index (χ2v) is 27.1. The van der Waals surface area contributed by atoms with Gasteiger partial charge in [-0.3, -0.25) is 10.2 Å². The zero-order valence-electron chi connectivity index (χ0n) is 59.6. The highest BCUT2D eigenvalue weighted by Crippen LogP contribution is 2.40. The number of benzene rings is 7. The monoisotopic (exact) mass is 1330 g/mol. The molecular formula is C81H105N3O9P2. The molecule has 7 aromatic carbocycles. The van der Waals surface area contributed by atoms with Crippen LogP contribution in [0.4, 0.5) is 26.7 Å². The van der Waals surface area contributed by atoms with Crippen LogP contribution in [-0.2, 0) is 46.6 Å². The number of nitrogens with zero attached hydrogens (tertiary/aromatic N) is 1. The number of hydrogen-bond donors (Lipinski definition) is 2. The molecule has 3 heterocycles. The average molecular weight is 1330 g/mol. The zero-order chi connectivity index (χ0) is 67.3. The number of carbonyl (C=O) groups is 2. The van der Waals surface area contributed by atoms with Crippen LogP contribution in [0.25, 0.3) is 18.2 Å². The number of ether oxygens (including phenoxy) is 7. The third kappa shape index (κ3) is 20.7. The van der Waals surface area contributed by atoms with Crippen molar-refractivity contribution in [1.29, 1.82) is 0 Å². The largest absolute Gasteiger partial charge is 0.494 e.